The molecule has 0 atom stereocenters. The summed E-state index contributed by atoms with van der Waals surface area (Å²) in [6.45, 7) is 1.86. The number of carbonyl (C=O) groups is 4. The van der Waals surface area contributed by atoms with Crippen LogP contribution in [0.1, 0.15) is 48.4 Å². The Balaban J connectivity index is 1.88. The van der Waals surface area contributed by atoms with Crippen molar-refractivity contribution in [2.45, 2.75) is 6.92 Å². The molecule has 3 rings (SSSR count). The van der Waals surface area contributed by atoms with Crippen LogP contribution in [0.2, 0.25) is 0 Å². The molecule has 0 aromatic heterocycles. The Morgan fingerprint density at radius 2 is 1.72 bits per heavy atom. The molecular weight excluding hydrogens is 328 g/mol. The highest BCUT2D eigenvalue weighted by molar-refractivity contribution is 6.14. The van der Waals surface area contributed by atoms with Gasteiger partial charge in [-0.25, -0.2) is 14.4 Å². The number of hydrogen-bond acceptors (Lipinski definition) is 7. The fourth-order valence-corrected chi connectivity index (χ4v) is 2.36. The van der Waals surface area contributed by atoms with Crippen molar-refractivity contribution >= 4 is 24.2 Å². The van der Waals surface area contributed by atoms with Gasteiger partial charge in [-0.3, -0.25) is 4.79 Å². The van der Waals surface area contributed by atoms with Crippen LogP contribution in [0.5, 0.6) is 11.5 Å². The second-order valence-electron chi connectivity index (χ2n) is 5.07. The first-order valence-electron chi connectivity index (χ1n) is 7.38. The van der Waals surface area contributed by atoms with Crippen LogP contribution in [-0.2, 0) is 9.47 Å². The zero-order chi connectivity index (χ0) is 18.0. The number of esters is 3. The smallest absolute Gasteiger partial charge is 0.347 e. The Labute approximate surface area is 142 Å². The van der Waals surface area contributed by atoms with Crippen molar-refractivity contribution in [3.63, 3.8) is 0 Å². The Hall–Kier alpha value is -3.48. The zero-order valence-electron chi connectivity index (χ0n) is 13.1. The van der Waals surface area contributed by atoms with Crippen molar-refractivity contribution in [3.8, 4) is 11.5 Å². The van der Waals surface area contributed by atoms with Crippen molar-refractivity contribution in [2.75, 3.05) is 6.61 Å². The summed E-state index contributed by atoms with van der Waals surface area (Å²) in [4.78, 5) is 46.0. The third-order valence-corrected chi connectivity index (χ3v) is 3.50. The summed E-state index contributed by atoms with van der Waals surface area (Å²) in [6.07, 6.45) is 0.526. The van der Waals surface area contributed by atoms with Gasteiger partial charge in [-0.2, -0.15) is 0 Å². The molecule has 0 bridgehead atoms. The predicted molar refractivity (Wildman–Crippen MR) is 84.0 cm³/mol. The highest BCUT2D eigenvalue weighted by atomic mass is 16.6. The first-order valence-corrected chi connectivity index (χ1v) is 7.38. The summed E-state index contributed by atoms with van der Waals surface area (Å²) >= 11 is 0. The van der Waals surface area contributed by atoms with E-state index in [1.54, 1.807) is 6.92 Å². The van der Waals surface area contributed by atoms with Crippen LogP contribution >= 0.6 is 0 Å². The SMILES string of the molecule is CCOC(=O)c1ccc(Oc2ccc3c(c2)C(=O)OC3=O)cc1C=O. The molecule has 1 aliphatic heterocycles. The lowest BCUT2D eigenvalue weighted by Gasteiger charge is -2.09. The molecule has 0 fully saturated rings. The van der Waals surface area contributed by atoms with E-state index < -0.39 is 17.9 Å². The van der Waals surface area contributed by atoms with Gasteiger partial charge in [0.1, 0.15) is 11.5 Å². The van der Waals surface area contributed by atoms with Gasteiger partial charge in [0.25, 0.3) is 0 Å². The Morgan fingerprint density at radius 1 is 1.04 bits per heavy atom. The van der Waals surface area contributed by atoms with Gasteiger partial charge >= 0.3 is 17.9 Å². The molecule has 2 aromatic rings. The number of cyclic esters (lactones) is 2. The molecule has 0 unspecified atom stereocenters. The van der Waals surface area contributed by atoms with Gasteiger partial charge in [-0.1, -0.05) is 0 Å². The third-order valence-electron chi connectivity index (χ3n) is 3.50. The number of carbonyl (C=O) groups excluding carboxylic acids is 4. The standard InChI is InChI=1S/C18H12O7/c1-2-23-16(20)13-5-3-11(7-10(13)9-19)24-12-4-6-14-15(8-12)18(22)25-17(14)21/h3-9H,2H2,1H3. The number of ether oxygens (including phenoxy) is 3. The average molecular weight is 340 g/mol. The fourth-order valence-electron chi connectivity index (χ4n) is 2.36. The summed E-state index contributed by atoms with van der Waals surface area (Å²) < 4.78 is 15.0. The molecule has 1 heterocycles. The minimum atomic E-state index is -0.739. The van der Waals surface area contributed by atoms with E-state index in [2.05, 4.69) is 4.74 Å². The van der Waals surface area contributed by atoms with Crippen LogP contribution in [0.4, 0.5) is 0 Å². The summed E-state index contributed by atoms with van der Waals surface area (Å²) in [5, 5.41) is 0. The van der Waals surface area contributed by atoms with Crippen molar-refractivity contribution < 1.29 is 33.4 Å². The van der Waals surface area contributed by atoms with Crippen LogP contribution in [0.15, 0.2) is 36.4 Å². The fraction of sp³-hybridized carbons (Fsp3) is 0.111. The largest absolute Gasteiger partial charge is 0.462 e. The van der Waals surface area contributed by atoms with E-state index in [9.17, 15) is 19.2 Å². The first kappa shape index (κ1) is 16.4. The Kier molecular flexibility index (Phi) is 4.30. The van der Waals surface area contributed by atoms with E-state index >= 15 is 0 Å². The maximum atomic E-state index is 11.8. The summed E-state index contributed by atoms with van der Waals surface area (Å²) in [5.41, 5.74) is 0.531. The molecule has 0 N–H and O–H groups in total. The molecule has 0 saturated heterocycles. The van der Waals surface area contributed by atoms with Gasteiger partial charge in [0.2, 0.25) is 0 Å². The maximum absolute atomic E-state index is 11.8. The van der Waals surface area contributed by atoms with Crippen LogP contribution in [0, 0.1) is 0 Å². The van der Waals surface area contributed by atoms with E-state index in [4.69, 9.17) is 9.47 Å². The maximum Gasteiger partial charge on any atom is 0.347 e. The molecule has 2 aromatic carbocycles. The van der Waals surface area contributed by atoms with E-state index in [1.807, 2.05) is 0 Å². The number of benzene rings is 2. The molecular formula is C18H12O7. The monoisotopic (exact) mass is 340 g/mol. The first-order chi connectivity index (χ1) is 12.0. The summed E-state index contributed by atoms with van der Waals surface area (Å²) in [6, 6.07) is 8.60. The minimum absolute atomic E-state index is 0.112. The van der Waals surface area contributed by atoms with E-state index in [0.717, 1.165) is 0 Å². The zero-order valence-corrected chi connectivity index (χ0v) is 13.1. The molecule has 126 valence electrons. The quantitative estimate of drug-likeness (QED) is 0.469. The Bertz CT molecular complexity index is 898. The highest BCUT2D eigenvalue weighted by Gasteiger charge is 2.30. The predicted octanol–water partition coefficient (Wildman–Crippen LogP) is 2.78. The topological polar surface area (TPSA) is 96.0 Å². The van der Waals surface area contributed by atoms with Crippen molar-refractivity contribution in [1.82, 2.24) is 0 Å². The average Bonchev–Trinajstić information content (AvgIpc) is 2.89. The summed E-state index contributed by atoms with van der Waals surface area (Å²) in [7, 11) is 0. The van der Waals surface area contributed by atoms with E-state index in [1.165, 1.54) is 36.4 Å². The van der Waals surface area contributed by atoms with Crippen LogP contribution in [0.25, 0.3) is 0 Å². The van der Waals surface area contributed by atoms with Crippen LogP contribution in [-0.4, -0.2) is 30.8 Å². The number of rotatable bonds is 5. The summed E-state index contributed by atoms with van der Waals surface area (Å²) in [5.74, 6) is -1.47. The van der Waals surface area contributed by atoms with Gasteiger partial charge in [0, 0.05) is 5.56 Å². The number of hydrogen-bond donors (Lipinski definition) is 0. The third kappa shape index (κ3) is 3.12. The lowest BCUT2D eigenvalue weighted by molar-refractivity contribution is 0.0441. The number of fused-ring (bicyclic) bond motifs is 1. The van der Waals surface area contributed by atoms with Gasteiger partial charge in [0.15, 0.2) is 6.29 Å². The highest BCUT2D eigenvalue weighted by Crippen LogP contribution is 2.29. The normalized spacial score (nSPS) is 12.4. The van der Waals surface area contributed by atoms with Gasteiger partial charge in [0.05, 0.1) is 23.3 Å². The van der Waals surface area contributed by atoms with Crippen LogP contribution in [0.3, 0.4) is 0 Å². The minimum Gasteiger partial charge on any atom is -0.462 e. The second kappa shape index (κ2) is 6.56. The molecule has 25 heavy (non-hydrogen) atoms. The molecule has 0 saturated carbocycles. The van der Waals surface area contributed by atoms with Gasteiger partial charge in [-0.15, -0.1) is 0 Å². The van der Waals surface area contributed by atoms with Gasteiger partial charge < -0.3 is 14.2 Å². The molecule has 0 amide bonds. The molecule has 7 heteroatoms. The molecule has 7 nitrogen and oxygen atoms in total. The van der Waals surface area contributed by atoms with E-state index in [-0.39, 0.29) is 40.4 Å². The van der Waals surface area contributed by atoms with Crippen molar-refractivity contribution in [2.24, 2.45) is 0 Å². The van der Waals surface area contributed by atoms with Crippen molar-refractivity contribution in [1.29, 1.82) is 0 Å². The van der Waals surface area contributed by atoms with Gasteiger partial charge in [-0.05, 0) is 43.3 Å². The molecule has 1 aliphatic rings. The van der Waals surface area contributed by atoms with E-state index in [0.29, 0.717) is 6.29 Å². The van der Waals surface area contributed by atoms with Crippen molar-refractivity contribution in [3.05, 3.63) is 58.7 Å². The molecule has 0 aliphatic carbocycles. The lowest BCUT2D eigenvalue weighted by atomic mass is 10.1. The molecule has 0 radical (unpaired) electrons. The lowest BCUT2D eigenvalue weighted by Crippen LogP contribution is -2.08. The second-order valence-corrected chi connectivity index (χ2v) is 5.07. The number of aldehydes is 1. The Morgan fingerprint density at radius 3 is 2.44 bits per heavy atom. The van der Waals surface area contributed by atoms with Crippen LogP contribution < -0.4 is 4.74 Å². The molecule has 0 spiro atoms.